The molecule has 0 radical (unpaired) electrons. The molecule has 2 rings (SSSR count). The molecule has 2 N–H and O–H groups in total. The fourth-order valence-corrected chi connectivity index (χ4v) is 2.42. The summed E-state index contributed by atoms with van der Waals surface area (Å²) >= 11 is 0. The highest BCUT2D eigenvalue weighted by Gasteiger charge is 2.14. The van der Waals surface area contributed by atoms with Crippen molar-refractivity contribution in [2.75, 3.05) is 37.8 Å². The molecule has 6 nitrogen and oxygen atoms in total. The van der Waals surface area contributed by atoms with E-state index in [1.807, 2.05) is 44.4 Å². The Morgan fingerprint density at radius 3 is 2.15 bits per heavy atom. The fraction of sp³-hybridized carbons (Fsp3) is 0.450. The molecule has 140 valence electrons. The van der Waals surface area contributed by atoms with Crippen LogP contribution in [0, 0.1) is 0 Å². The van der Waals surface area contributed by atoms with Crippen LogP contribution in [0.5, 0.6) is 0 Å². The third-order valence-corrected chi connectivity index (χ3v) is 4.01. The SMILES string of the molecule is CN(C)CCCNc1ccc(NC(=O)c2ccc(C(C)(C)C)cc2)nn1. The minimum atomic E-state index is -0.188. The van der Waals surface area contributed by atoms with Gasteiger partial charge in [-0.25, -0.2) is 0 Å². The predicted molar refractivity (Wildman–Crippen MR) is 107 cm³/mol. The molecule has 1 aromatic carbocycles. The number of nitrogens with zero attached hydrogens (tertiary/aromatic N) is 3. The largest absolute Gasteiger partial charge is 0.369 e. The average Bonchev–Trinajstić information content (AvgIpc) is 2.59. The van der Waals surface area contributed by atoms with Gasteiger partial charge in [-0.1, -0.05) is 32.9 Å². The van der Waals surface area contributed by atoms with Crippen LogP contribution in [0.3, 0.4) is 0 Å². The van der Waals surface area contributed by atoms with Crippen molar-refractivity contribution in [3.8, 4) is 0 Å². The monoisotopic (exact) mass is 355 g/mol. The molecule has 26 heavy (non-hydrogen) atoms. The van der Waals surface area contributed by atoms with Gasteiger partial charge in [0.25, 0.3) is 5.91 Å². The van der Waals surface area contributed by atoms with Gasteiger partial charge >= 0.3 is 0 Å². The quantitative estimate of drug-likeness (QED) is 0.745. The molecule has 0 unspecified atom stereocenters. The molecular weight excluding hydrogens is 326 g/mol. The maximum Gasteiger partial charge on any atom is 0.256 e. The minimum absolute atomic E-state index is 0.0653. The van der Waals surface area contributed by atoms with Gasteiger partial charge in [0.1, 0.15) is 5.82 Å². The molecule has 0 saturated heterocycles. The van der Waals surface area contributed by atoms with Crippen molar-refractivity contribution in [3.05, 3.63) is 47.5 Å². The first kappa shape index (κ1) is 19.8. The second-order valence-electron chi connectivity index (χ2n) is 7.67. The number of aromatic nitrogens is 2. The molecule has 0 atom stereocenters. The molecule has 1 heterocycles. The van der Waals surface area contributed by atoms with Gasteiger partial charge < -0.3 is 15.5 Å². The maximum absolute atomic E-state index is 12.3. The topological polar surface area (TPSA) is 70.2 Å². The molecule has 0 aliphatic heterocycles. The summed E-state index contributed by atoms with van der Waals surface area (Å²) in [6.45, 7) is 8.29. The fourth-order valence-electron chi connectivity index (χ4n) is 2.42. The second-order valence-corrected chi connectivity index (χ2v) is 7.67. The molecule has 1 amide bonds. The number of carbonyl (C=O) groups excluding carboxylic acids is 1. The molecule has 0 saturated carbocycles. The van der Waals surface area contributed by atoms with E-state index >= 15 is 0 Å². The lowest BCUT2D eigenvalue weighted by Crippen LogP contribution is -2.17. The highest BCUT2D eigenvalue weighted by Crippen LogP contribution is 2.22. The van der Waals surface area contributed by atoms with Crippen LogP contribution in [0.1, 0.15) is 43.1 Å². The highest BCUT2D eigenvalue weighted by molar-refractivity contribution is 6.03. The number of hydrogen-bond acceptors (Lipinski definition) is 5. The Morgan fingerprint density at radius 1 is 1.00 bits per heavy atom. The molecule has 0 bridgehead atoms. The van der Waals surface area contributed by atoms with Gasteiger partial charge in [-0.3, -0.25) is 4.79 Å². The zero-order valence-corrected chi connectivity index (χ0v) is 16.3. The van der Waals surface area contributed by atoms with Crippen molar-refractivity contribution < 1.29 is 4.79 Å². The smallest absolute Gasteiger partial charge is 0.256 e. The van der Waals surface area contributed by atoms with Crippen molar-refractivity contribution in [1.29, 1.82) is 0 Å². The van der Waals surface area contributed by atoms with Crippen molar-refractivity contribution in [2.24, 2.45) is 0 Å². The van der Waals surface area contributed by atoms with E-state index in [0.717, 1.165) is 19.5 Å². The summed E-state index contributed by atoms with van der Waals surface area (Å²) in [6.07, 6.45) is 1.03. The number of nitrogens with one attached hydrogen (secondary N) is 2. The second kappa shape index (κ2) is 8.76. The summed E-state index contributed by atoms with van der Waals surface area (Å²) in [5.74, 6) is 0.955. The van der Waals surface area contributed by atoms with Crippen LogP contribution in [0.15, 0.2) is 36.4 Å². The number of anilines is 2. The predicted octanol–water partition coefficient (Wildman–Crippen LogP) is 3.39. The van der Waals surface area contributed by atoms with Gasteiger partial charge in [-0.05, 0) is 62.3 Å². The maximum atomic E-state index is 12.3. The molecule has 0 fully saturated rings. The molecule has 0 aliphatic rings. The van der Waals surface area contributed by atoms with Crippen molar-refractivity contribution in [3.63, 3.8) is 0 Å². The Kier molecular flexibility index (Phi) is 6.69. The van der Waals surface area contributed by atoms with Gasteiger partial charge in [0.2, 0.25) is 0 Å². The van der Waals surface area contributed by atoms with Gasteiger partial charge in [0.15, 0.2) is 5.82 Å². The van der Waals surface area contributed by atoms with Crippen LogP contribution in [0.4, 0.5) is 11.6 Å². The molecule has 0 spiro atoms. The third kappa shape index (κ3) is 6.11. The Balaban J connectivity index is 1.89. The summed E-state index contributed by atoms with van der Waals surface area (Å²) in [4.78, 5) is 14.5. The first-order chi connectivity index (χ1) is 12.3. The van der Waals surface area contributed by atoms with E-state index in [9.17, 15) is 4.79 Å². The van der Waals surface area contributed by atoms with Crippen LogP contribution in [-0.2, 0) is 5.41 Å². The Morgan fingerprint density at radius 2 is 1.62 bits per heavy atom. The van der Waals surface area contributed by atoms with Crippen molar-refractivity contribution >= 4 is 17.5 Å². The van der Waals surface area contributed by atoms with E-state index in [4.69, 9.17) is 0 Å². The van der Waals surface area contributed by atoms with E-state index in [1.54, 1.807) is 6.07 Å². The van der Waals surface area contributed by atoms with Crippen LogP contribution in [-0.4, -0.2) is 48.2 Å². The van der Waals surface area contributed by atoms with E-state index in [0.29, 0.717) is 17.2 Å². The summed E-state index contributed by atoms with van der Waals surface area (Å²) in [5, 5.41) is 14.2. The Hall–Kier alpha value is -2.47. The summed E-state index contributed by atoms with van der Waals surface area (Å²) in [6, 6.07) is 11.2. The van der Waals surface area contributed by atoms with Crippen LogP contribution >= 0.6 is 0 Å². The summed E-state index contributed by atoms with van der Waals surface area (Å²) in [7, 11) is 4.10. The standard InChI is InChI=1S/C20H29N5O/c1-20(2,3)16-9-7-15(8-10-16)19(26)22-18-12-11-17(23-24-18)21-13-6-14-25(4)5/h7-12H,6,13-14H2,1-5H3,(H,21,23)(H,22,24,26). The average molecular weight is 355 g/mol. The van der Waals surface area contributed by atoms with E-state index in [1.165, 1.54) is 5.56 Å². The third-order valence-electron chi connectivity index (χ3n) is 4.01. The molecule has 2 aromatic rings. The highest BCUT2D eigenvalue weighted by atomic mass is 16.1. The van der Waals surface area contributed by atoms with E-state index in [-0.39, 0.29) is 11.3 Å². The number of amides is 1. The van der Waals surface area contributed by atoms with Crippen LogP contribution in [0.25, 0.3) is 0 Å². The molecule has 0 aliphatic carbocycles. The van der Waals surface area contributed by atoms with Crippen molar-refractivity contribution in [2.45, 2.75) is 32.6 Å². The number of rotatable bonds is 7. The number of benzene rings is 1. The van der Waals surface area contributed by atoms with Crippen molar-refractivity contribution in [1.82, 2.24) is 15.1 Å². The molecule has 1 aromatic heterocycles. The first-order valence-corrected chi connectivity index (χ1v) is 8.90. The Labute approximate surface area is 156 Å². The van der Waals surface area contributed by atoms with E-state index < -0.39 is 0 Å². The number of carbonyl (C=O) groups is 1. The lowest BCUT2D eigenvalue weighted by Gasteiger charge is -2.19. The Bertz CT molecular complexity index is 702. The minimum Gasteiger partial charge on any atom is -0.369 e. The van der Waals surface area contributed by atoms with Gasteiger partial charge in [-0.2, -0.15) is 0 Å². The normalized spacial score (nSPS) is 11.5. The zero-order chi connectivity index (χ0) is 19.2. The van der Waals surface area contributed by atoms with E-state index in [2.05, 4.69) is 46.5 Å². The van der Waals surface area contributed by atoms with Gasteiger partial charge in [0.05, 0.1) is 0 Å². The summed E-state index contributed by atoms with van der Waals surface area (Å²) < 4.78 is 0. The van der Waals surface area contributed by atoms with Gasteiger partial charge in [-0.15, -0.1) is 10.2 Å². The lowest BCUT2D eigenvalue weighted by atomic mass is 9.87. The van der Waals surface area contributed by atoms with Gasteiger partial charge in [0, 0.05) is 12.1 Å². The first-order valence-electron chi connectivity index (χ1n) is 8.90. The molecular formula is C20H29N5O. The lowest BCUT2D eigenvalue weighted by molar-refractivity contribution is 0.102. The summed E-state index contributed by atoms with van der Waals surface area (Å²) in [5.41, 5.74) is 1.86. The van der Waals surface area contributed by atoms with Crippen LogP contribution in [0.2, 0.25) is 0 Å². The zero-order valence-electron chi connectivity index (χ0n) is 16.3. The number of hydrogen-bond donors (Lipinski definition) is 2. The molecule has 6 heteroatoms. The van der Waals surface area contributed by atoms with Crippen LogP contribution < -0.4 is 10.6 Å².